The van der Waals surface area contributed by atoms with Gasteiger partial charge in [-0.05, 0) is 19.9 Å². The molecule has 0 saturated heterocycles. The predicted molar refractivity (Wildman–Crippen MR) is 68.0 cm³/mol. The van der Waals surface area contributed by atoms with E-state index in [1.54, 1.807) is 0 Å². The first-order valence-corrected chi connectivity index (χ1v) is 5.57. The van der Waals surface area contributed by atoms with Crippen molar-refractivity contribution in [1.29, 1.82) is 0 Å². The molecule has 0 heterocycles. The lowest BCUT2D eigenvalue weighted by molar-refractivity contribution is -0.385. The van der Waals surface area contributed by atoms with Crippen LogP contribution in [0.5, 0.6) is 5.75 Å². The van der Waals surface area contributed by atoms with Gasteiger partial charge in [-0.25, -0.2) is 0 Å². The van der Waals surface area contributed by atoms with Gasteiger partial charge in [0.25, 0.3) is 5.91 Å². The Kier molecular flexibility index (Phi) is 4.10. The van der Waals surface area contributed by atoms with Crippen LogP contribution < -0.4 is 0 Å². The lowest BCUT2D eigenvalue weighted by atomic mass is 10.1. The second-order valence-electron chi connectivity index (χ2n) is 4.90. The van der Waals surface area contributed by atoms with Gasteiger partial charge in [-0.1, -0.05) is 6.07 Å². The molecule has 0 radical (unpaired) electrons. The van der Waals surface area contributed by atoms with Crippen LogP contribution in [-0.2, 0) is 0 Å². The van der Waals surface area contributed by atoms with Gasteiger partial charge >= 0.3 is 5.69 Å². The number of phenolic OH excluding ortho intramolecular Hbond substituents is 1. The summed E-state index contributed by atoms with van der Waals surface area (Å²) in [5.74, 6) is -1.26. The van der Waals surface area contributed by atoms with E-state index in [0.717, 1.165) is 6.07 Å². The maximum absolute atomic E-state index is 12.1. The summed E-state index contributed by atoms with van der Waals surface area (Å²) in [6.07, 6.45) is 0. The largest absolute Gasteiger partial charge is 0.502 e. The number of nitro groups is 1. The Morgan fingerprint density at radius 3 is 2.53 bits per heavy atom. The quantitative estimate of drug-likeness (QED) is 0.629. The summed E-state index contributed by atoms with van der Waals surface area (Å²) in [4.78, 5) is 23.2. The Hall–Kier alpha value is -2.15. The Balaban J connectivity index is 3.07. The van der Waals surface area contributed by atoms with Gasteiger partial charge < -0.3 is 15.1 Å². The van der Waals surface area contributed by atoms with Crippen molar-refractivity contribution in [3.05, 3.63) is 33.9 Å². The third-order valence-electron chi connectivity index (χ3n) is 2.41. The molecule has 0 aromatic heterocycles. The molecule has 0 atom stereocenters. The first kappa shape index (κ1) is 14.9. The van der Waals surface area contributed by atoms with Gasteiger partial charge in [0.05, 0.1) is 16.1 Å². The molecule has 7 nitrogen and oxygen atoms in total. The van der Waals surface area contributed by atoms with E-state index in [1.165, 1.54) is 37.9 Å². The number of carbonyl (C=O) groups excluding carboxylic acids is 1. The van der Waals surface area contributed by atoms with Crippen molar-refractivity contribution in [2.75, 3.05) is 13.6 Å². The number of hydrogen-bond donors (Lipinski definition) is 2. The third-order valence-corrected chi connectivity index (χ3v) is 2.41. The van der Waals surface area contributed by atoms with E-state index in [1.807, 2.05) is 0 Å². The Labute approximate surface area is 110 Å². The lowest BCUT2D eigenvalue weighted by Gasteiger charge is -2.25. The van der Waals surface area contributed by atoms with Gasteiger partial charge in [0.1, 0.15) is 0 Å². The highest BCUT2D eigenvalue weighted by atomic mass is 16.6. The number of benzene rings is 1. The molecule has 0 aliphatic rings. The number of nitrogens with zero attached hydrogens (tertiary/aromatic N) is 2. The molecule has 1 aromatic rings. The highest BCUT2D eigenvalue weighted by molar-refractivity contribution is 5.98. The summed E-state index contributed by atoms with van der Waals surface area (Å²) < 4.78 is 0. The summed E-state index contributed by atoms with van der Waals surface area (Å²) in [6.45, 7) is 3.10. The van der Waals surface area contributed by atoms with Gasteiger partial charge in [0, 0.05) is 19.7 Å². The summed E-state index contributed by atoms with van der Waals surface area (Å²) in [7, 11) is 1.44. The minimum absolute atomic E-state index is 0.0357. The van der Waals surface area contributed by atoms with Crippen molar-refractivity contribution >= 4 is 11.6 Å². The van der Waals surface area contributed by atoms with Crippen molar-refractivity contribution < 1.29 is 19.9 Å². The molecular weight excluding hydrogens is 252 g/mol. The number of likely N-dealkylation sites (N-methyl/N-ethyl adjacent to an activating group) is 1. The molecule has 0 fully saturated rings. The molecule has 0 spiro atoms. The van der Waals surface area contributed by atoms with Crippen molar-refractivity contribution in [3.8, 4) is 5.75 Å². The number of nitro benzene ring substituents is 1. The van der Waals surface area contributed by atoms with Crippen LogP contribution >= 0.6 is 0 Å². The van der Waals surface area contributed by atoms with Crippen molar-refractivity contribution in [2.45, 2.75) is 19.4 Å². The molecule has 0 unspecified atom stereocenters. The number of hydrogen-bond acceptors (Lipinski definition) is 5. The molecule has 19 heavy (non-hydrogen) atoms. The first-order valence-electron chi connectivity index (χ1n) is 5.57. The van der Waals surface area contributed by atoms with Crippen LogP contribution in [0.1, 0.15) is 24.2 Å². The van der Waals surface area contributed by atoms with Crippen molar-refractivity contribution in [3.63, 3.8) is 0 Å². The second kappa shape index (κ2) is 5.23. The zero-order chi connectivity index (χ0) is 14.8. The average molecular weight is 268 g/mol. The van der Waals surface area contributed by atoms with E-state index in [0.29, 0.717) is 0 Å². The molecule has 104 valence electrons. The maximum Gasteiger partial charge on any atom is 0.311 e. The van der Waals surface area contributed by atoms with E-state index < -0.39 is 27.9 Å². The summed E-state index contributed by atoms with van der Waals surface area (Å²) in [6, 6.07) is 3.73. The number of aliphatic hydroxyl groups is 1. The number of carbonyl (C=O) groups is 1. The van der Waals surface area contributed by atoms with Gasteiger partial charge in [-0.15, -0.1) is 0 Å². The minimum atomic E-state index is -1.10. The Morgan fingerprint density at radius 2 is 2.05 bits per heavy atom. The molecule has 7 heteroatoms. The van der Waals surface area contributed by atoms with E-state index in [9.17, 15) is 25.1 Å². The van der Waals surface area contributed by atoms with Gasteiger partial charge in [0.15, 0.2) is 0 Å². The predicted octanol–water partition coefficient (Wildman–Crippen LogP) is 1.14. The molecule has 0 saturated carbocycles. The number of amides is 1. The normalized spacial score (nSPS) is 11.2. The van der Waals surface area contributed by atoms with Crippen LogP contribution in [0.15, 0.2) is 18.2 Å². The number of para-hydroxylation sites is 1. The van der Waals surface area contributed by atoms with Crippen LogP contribution in [0.2, 0.25) is 0 Å². The van der Waals surface area contributed by atoms with Gasteiger partial charge in [-0.3, -0.25) is 14.9 Å². The second-order valence-corrected chi connectivity index (χ2v) is 4.90. The number of aromatic hydroxyl groups is 1. The van der Waals surface area contributed by atoms with Crippen LogP contribution in [-0.4, -0.2) is 45.1 Å². The minimum Gasteiger partial charge on any atom is -0.502 e. The average Bonchev–Trinajstić information content (AvgIpc) is 2.25. The van der Waals surface area contributed by atoms with Gasteiger partial charge in [-0.2, -0.15) is 0 Å². The zero-order valence-corrected chi connectivity index (χ0v) is 11.0. The van der Waals surface area contributed by atoms with E-state index in [-0.39, 0.29) is 12.1 Å². The molecule has 1 aromatic carbocycles. The summed E-state index contributed by atoms with van der Waals surface area (Å²) in [5.41, 5.74) is -1.79. The van der Waals surface area contributed by atoms with E-state index in [4.69, 9.17) is 0 Å². The summed E-state index contributed by atoms with van der Waals surface area (Å²) in [5, 5.41) is 30.0. The van der Waals surface area contributed by atoms with Crippen LogP contribution in [0.4, 0.5) is 5.69 Å². The third kappa shape index (κ3) is 3.65. The molecule has 2 N–H and O–H groups in total. The molecular formula is C12H16N2O5. The lowest BCUT2D eigenvalue weighted by Crippen LogP contribution is -2.39. The molecule has 0 aliphatic heterocycles. The monoisotopic (exact) mass is 268 g/mol. The van der Waals surface area contributed by atoms with Crippen LogP contribution in [0, 0.1) is 10.1 Å². The highest BCUT2D eigenvalue weighted by Gasteiger charge is 2.25. The fraction of sp³-hybridized carbons (Fsp3) is 0.417. The molecule has 0 aliphatic carbocycles. The maximum atomic E-state index is 12.1. The fourth-order valence-corrected chi connectivity index (χ4v) is 1.71. The van der Waals surface area contributed by atoms with Crippen LogP contribution in [0.3, 0.4) is 0 Å². The standard InChI is InChI=1S/C12H16N2O5/c1-12(2,17)7-13(3)11(16)8-5-4-6-9(10(8)15)14(18)19/h4-6,15,17H,7H2,1-3H3. The van der Waals surface area contributed by atoms with Gasteiger partial charge in [0.2, 0.25) is 5.75 Å². The fourth-order valence-electron chi connectivity index (χ4n) is 1.71. The topological polar surface area (TPSA) is 104 Å². The van der Waals surface area contributed by atoms with Crippen LogP contribution in [0.25, 0.3) is 0 Å². The molecule has 1 amide bonds. The van der Waals surface area contributed by atoms with Crippen molar-refractivity contribution in [2.24, 2.45) is 0 Å². The first-order chi connectivity index (χ1) is 8.63. The smallest absolute Gasteiger partial charge is 0.311 e. The SMILES string of the molecule is CN(CC(C)(C)O)C(=O)c1cccc([N+](=O)[O-])c1O. The Bertz CT molecular complexity index is 507. The van der Waals surface area contributed by atoms with Crippen molar-refractivity contribution in [1.82, 2.24) is 4.90 Å². The van der Waals surface area contributed by atoms with E-state index >= 15 is 0 Å². The molecule has 1 rings (SSSR count). The molecule has 0 bridgehead atoms. The zero-order valence-electron chi connectivity index (χ0n) is 11.0. The Morgan fingerprint density at radius 1 is 1.47 bits per heavy atom. The highest BCUT2D eigenvalue weighted by Crippen LogP contribution is 2.30. The number of phenols is 1. The summed E-state index contributed by atoms with van der Waals surface area (Å²) >= 11 is 0. The number of rotatable bonds is 4. The van der Waals surface area contributed by atoms with E-state index in [2.05, 4.69) is 0 Å².